The van der Waals surface area contributed by atoms with E-state index in [0.717, 1.165) is 16.7 Å². The lowest BCUT2D eigenvalue weighted by atomic mass is 10.2. The topological polar surface area (TPSA) is 38.3 Å². The fourth-order valence-corrected chi connectivity index (χ4v) is 3.00. The second-order valence-corrected chi connectivity index (χ2v) is 5.80. The van der Waals surface area contributed by atoms with E-state index < -0.39 is 0 Å². The molecule has 0 aliphatic carbocycles. The van der Waals surface area contributed by atoms with Crippen molar-refractivity contribution in [2.45, 2.75) is 13.5 Å². The van der Waals surface area contributed by atoms with E-state index in [0.29, 0.717) is 12.2 Å². The highest BCUT2D eigenvalue weighted by Crippen LogP contribution is 2.21. The van der Waals surface area contributed by atoms with E-state index in [1.165, 1.54) is 4.88 Å². The van der Waals surface area contributed by atoms with Gasteiger partial charge in [0.15, 0.2) is 0 Å². The van der Waals surface area contributed by atoms with Gasteiger partial charge in [-0.1, -0.05) is 6.07 Å². The number of hydrogen-bond donors (Lipinski definition) is 1. The predicted molar refractivity (Wildman–Crippen MR) is 81.7 cm³/mol. The van der Waals surface area contributed by atoms with E-state index in [1.54, 1.807) is 30.4 Å². The van der Waals surface area contributed by atoms with Crippen molar-refractivity contribution in [3.8, 4) is 0 Å². The second kappa shape index (κ2) is 6.73. The van der Waals surface area contributed by atoms with Gasteiger partial charge in [-0.2, -0.15) is 0 Å². The first-order chi connectivity index (χ1) is 9.19. The predicted octanol–water partition coefficient (Wildman–Crippen LogP) is 4.30. The van der Waals surface area contributed by atoms with Crippen LogP contribution < -0.4 is 5.32 Å². The summed E-state index contributed by atoms with van der Waals surface area (Å²) < 4.78 is 6.07. The van der Waals surface area contributed by atoms with Crippen molar-refractivity contribution in [3.63, 3.8) is 0 Å². The molecule has 1 heterocycles. The molecule has 5 heteroatoms. The van der Waals surface area contributed by atoms with Crippen LogP contribution in [0.25, 0.3) is 0 Å². The van der Waals surface area contributed by atoms with E-state index >= 15 is 0 Å². The lowest BCUT2D eigenvalue weighted by Crippen LogP contribution is -2.05. The Morgan fingerprint density at radius 3 is 2.95 bits per heavy atom. The van der Waals surface area contributed by atoms with Gasteiger partial charge in [0.2, 0.25) is 0 Å². The third-order valence-electron chi connectivity index (χ3n) is 2.46. The average molecular weight is 340 g/mol. The molecule has 2 rings (SSSR count). The fourth-order valence-electron chi connectivity index (χ4n) is 1.61. The zero-order valence-corrected chi connectivity index (χ0v) is 12.9. The summed E-state index contributed by atoms with van der Waals surface area (Å²) in [6.45, 7) is 2.93. The lowest BCUT2D eigenvalue weighted by molar-refractivity contribution is 0.0526. The van der Waals surface area contributed by atoms with Crippen LogP contribution in [0.5, 0.6) is 0 Å². The molecule has 0 bridgehead atoms. The Morgan fingerprint density at radius 1 is 1.42 bits per heavy atom. The number of carbonyl (C=O) groups is 1. The van der Waals surface area contributed by atoms with E-state index in [-0.39, 0.29) is 5.97 Å². The summed E-state index contributed by atoms with van der Waals surface area (Å²) >= 11 is 5.11. The van der Waals surface area contributed by atoms with Crippen LogP contribution in [0.2, 0.25) is 0 Å². The molecule has 0 fully saturated rings. The number of halogens is 1. The van der Waals surface area contributed by atoms with Crippen LogP contribution in [-0.4, -0.2) is 12.6 Å². The molecular formula is C14H14BrNO2S. The van der Waals surface area contributed by atoms with Crippen molar-refractivity contribution in [1.82, 2.24) is 0 Å². The molecule has 1 aromatic carbocycles. The van der Waals surface area contributed by atoms with Gasteiger partial charge in [-0.05, 0) is 47.1 Å². The highest BCUT2D eigenvalue weighted by molar-refractivity contribution is 9.10. The van der Waals surface area contributed by atoms with Crippen molar-refractivity contribution in [2.24, 2.45) is 0 Å². The first kappa shape index (κ1) is 14.1. The first-order valence-corrected chi connectivity index (χ1v) is 7.60. The number of nitrogens with one attached hydrogen (secondary N) is 1. The lowest BCUT2D eigenvalue weighted by Gasteiger charge is -2.07. The summed E-state index contributed by atoms with van der Waals surface area (Å²) in [4.78, 5) is 12.9. The largest absolute Gasteiger partial charge is 0.462 e. The molecule has 0 saturated heterocycles. The number of esters is 1. The number of ether oxygens (including phenoxy) is 1. The van der Waals surface area contributed by atoms with Crippen LogP contribution in [-0.2, 0) is 11.3 Å². The van der Waals surface area contributed by atoms with Crippen molar-refractivity contribution in [2.75, 3.05) is 11.9 Å². The van der Waals surface area contributed by atoms with E-state index in [9.17, 15) is 4.79 Å². The van der Waals surface area contributed by atoms with Gasteiger partial charge in [0.05, 0.1) is 12.2 Å². The number of thiophene rings is 1. The Hall–Kier alpha value is -1.33. The molecular weight excluding hydrogens is 326 g/mol. The van der Waals surface area contributed by atoms with Crippen LogP contribution in [0.15, 0.2) is 40.2 Å². The van der Waals surface area contributed by atoms with Crippen LogP contribution in [0.3, 0.4) is 0 Å². The molecule has 0 aliphatic heterocycles. The molecule has 0 spiro atoms. The molecule has 2 aromatic rings. The fraction of sp³-hybridized carbons (Fsp3) is 0.214. The third kappa shape index (κ3) is 4.08. The maximum atomic E-state index is 11.6. The van der Waals surface area contributed by atoms with Gasteiger partial charge in [0, 0.05) is 27.0 Å². The zero-order chi connectivity index (χ0) is 13.7. The average Bonchev–Trinajstić information content (AvgIpc) is 2.83. The van der Waals surface area contributed by atoms with Gasteiger partial charge >= 0.3 is 5.97 Å². The molecule has 0 unspecified atom stereocenters. The number of hydrogen-bond acceptors (Lipinski definition) is 4. The minimum absolute atomic E-state index is 0.287. The summed E-state index contributed by atoms with van der Waals surface area (Å²) in [5, 5.41) is 5.34. The number of rotatable bonds is 5. The van der Waals surface area contributed by atoms with Crippen LogP contribution in [0.4, 0.5) is 5.69 Å². The van der Waals surface area contributed by atoms with Crippen LogP contribution >= 0.6 is 27.3 Å². The molecule has 0 amide bonds. The Kier molecular flexibility index (Phi) is 4.99. The van der Waals surface area contributed by atoms with Gasteiger partial charge in [-0.25, -0.2) is 4.79 Å². The Balaban J connectivity index is 2.00. The molecule has 1 aromatic heterocycles. The van der Waals surface area contributed by atoms with E-state index in [4.69, 9.17) is 4.74 Å². The highest BCUT2D eigenvalue weighted by atomic mass is 79.9. The Labute approximate surface area is 124 Å². The van der Waals surface area contributed by atoms with Crippen molar-refractivity contribution in [3.05, 3.63) is 50.6 Å². The maximum absolute atomic E-state index is 11.6. The molecule has 1 N–H and O–H groups in total. The molecule has 100 valence electrons. The van der Waals surface area contributed by atoms with Crippen LogP contribution in [0, 0.1) is 0 Å². The third-order valence-corrected chi connectivity index (χ3v) is 4.16. The van der Waals surface area contributed by atoms with Crippen molar-refractivity contribution < 1.29 is 9.53 Å². The summed E-state index contributed by atoms with van der Waals surface area (Å²) in [6, 6.07) is 9.42. The van der Waals surface area contributed by atoms with Crippen molar-refractivity contribution in [1.29, 1.82) is 0 Å². The molecule has 3 nitrogen and oxygen atoms in total. The summed E-state index contributed by atoms with van der Waals surface area (Å²) in [5.74, 6) is -0.287. The summed E-state index contributed by atoms with van der Waals surface area (Å²) in [6.07, 6.45) is 0. The number of carbonyl (C=O) groups excluding carboxylic acids is 1. The summed E-state index contributed by atoms with van der Waals surface area (Å²) in [5.41, 5.74) is 1.48. The minimum Gasteiger partial charge on any atom is -0.462 e. The molecule has 0 saturated carbocycles. The minimum atomic E-state index is -0.287. The van der Waals surface area contributed by atoms with Gasteiger partial charge in [0.25, 0.3) is 0 Å². The second-order valence-electron chi connectivity index (χ2n) is 3.89. The van der Waals surface area contributed by atoms with Gasteiger partial charge < -0.3 is 10.1 Å². The smallest absolute Gasteiger partial charge is 0.338 e. The standard InChI is InChI=1S/C14H14BrNO2S/c1-2-18-14(17)10-4-3-5-12(6-10)16-8-13-7-11(15)9-19-13/h3-7,9,16H,2,8H2,1H3. The Morgan fingerprint density at radius 2 is 2.26 bits per heavy atom. The summed E-state index contributed by atoms with van der Waals surface area (Å²) in [7, 11) is 0. The maximum Gasteiger partial charge on any atom is 0.338 e. The Bertz CT molecular complexity index is 568. The monoisotopic (exact) mass is 339 g/mol. The first-order valence-electron chi connectivity index (χ1n) is 5.93. The van der Waals surface area contributed by atoms with Crippen molar-refractivity contribution >= 4 is 38.9 Å². The van der Waals surface area contributed by atoms with Gasteiger partial charge in [-0.15, -0.1) is 11.3 Å². The van der Waals surface area contributed by atoms with E-state index in [2.05, 4.69) is 27.3 Å². The molecule has 19 heavy (non-hydrogen) atoms. The number of benzene rings is 1. The zero-order valence-electron chi connectivity index (χ0n) is 10.5. The van der Waals surface area contributed by atoms with Crippen LogP contribution in [0.1, 0.15) is 22.2 Å². The van der Waals surface area contributed by atoms with E-state index in [1.807, 2.05) is 17.5 Å². The van der Waals surface area contributed by atoms with Gasteiger partial charge in [-0.3, -0.25) is 0 Å². The molecule has 0 aliphatic rings. The quantitative estimate of drug-likeness (QED) is 0.825. The molecule has 0 atom stereocenters. The van der Waals surface area contributed by atoms with Gasteiger partial charge in [0.1, 0.15) is 0 Å². The highest BCUT2D eigenvalue weighted by Gasteiger charge is 2.06. The molecule has 0 radical (unpaired) electrons. The normalized spacial score (nSPS) is 10.2. The SMILES string of the molecule is CCOC(=O)c1cccc(NCc2cc(Br)cs2)c1. The number of anilines is 1.